The van der Waals surface area contributed by atoms with Crippen molar-refractivity contribution in [2.24, 2.45) is 0 Å². The predicted molar refractivity (Wildman–Crippen MR) is 30.5 cm³/mol. The summed E-state index contributed by atoms with van der Waals surface area (Å²) in [5, 5.41) is 0. The zero-order valence-corrected chi connectivity index (χ0v) is 7.58. The summed E-state index contributed by atoms with van der Waals surface area (Å²) in [7, 11) is 0. The molecule has 1 rings (SSSR count). The Morgan fingerprint density at radius 3 is 2.43 bits per heavy atom. The molecule has 0 radical (unpaired) electrons. The van der Waals surface area contributed by atoms with Gasteiger partial charge in [0.15, 0.2) is 0 Å². The molecule has 0 atom stereocenters. The first-order valence-electron chi connectivity index (χ1n) is 2.01. The molecule has 0 aromatic heterocycles. The third-order valence-electron chi connectivity index (χ3n) is 0.800. The molecule has 0 N–H and O–H groups in total. The Bertz CT molecular complexity index is 105. The van der Waals surface area contributed by atoms with Crippen LogP contribution in [0.5, 0.6) is 0 Å². The second-order valence-corrected chi connectivity index (χ2v) is 3.20. The fourth-order valence-corrected chi connectivity index (χ4v) is 1.07. The molecule has 0 amide bonds. The van der Waals surface area contributed by atoms with E-state index in [-0.39, 0.29) is 12.4 Å². The number of allylic oxidation sites excluding steroid dienone is 4. The molecular formula is C5H7ClZr. The van der Waals surface area contributed by atoms with Crippen LogP contribution < -0.4 is 0 Å². The summed E-state index contributed by atoms with van der Waals surface area (Å²) >= 11 is 1.31. The van der Waals surface area contributed by atoms with Crippen molar-refractivity contribution in [3.63, 3.8) is 0 Å². The van der Waals surface area contributed by atoms with Crippen molar-refractivity contribution in [1.29, 1.82) is 0 Å². The van der Waals surface area contributed by atoms with Crippen LogP contribution in [-0.2, 0) is 24.7 Å². The van der Waals surface area contributed by atoms with Gasteiger partial charge in [0, 0.05) is 0 Å². The molecule has 0 fully saturated rings. The van der Waals surface area contributed by atoms with Gasteiger partial charge in [0.25, 0.3) is 0 Å². The number of rotatable bonds is 0. The van der Waals surface area contributed by atoms with Crippen molar-refractivity contribution in [3.05, 3.63) is 21.5 Å². The van der Waals surface area contributed by atoms with Gasteiger partial charge >= 0.3 is 52.6 Å². The van der Waals surface area contributed by atoms with Gasteiger partial charge in [-0.3, -0.25) is 0 Å². The number of hydrogen-bond donors (Lipinski definition) is 0. The van der Waals surface area contributed by atoms with Crippen molar-refractivity contribution >= 4 is 12.4 Å². The number of halogens is 1. The maximum atomic E-state index is 2.20. The molecule has 38 valence electrons. The second kappa shape index (κ2) is 3.63. The van der Waals surface area contributed by atoms with Gasteiger partial charge in [-0.15, -0.1) is 12.4 Å². The van der Waals surface area contributed by atoms with Gasteiger partial charge in [0.2, 0.25) is 0 Å². The Labute approximate surface area is 64.9 Å². The van der Waals surface area contributed by atoms with Crippen LogP contribution in [0.25, 0.3) is 0 Å². The van der Waals surface area contributed by atoms with Gasteiger partial charge in [-0.05, 0) is 0 Å². The summed E-state index contributed by atoms with van der Waals surface area (Å²) < 4.78 is 1.60. The molecule has 0 saturated heterocycles. The minimum absolute atomic E-state index is 0. The van der Waals surface area contributed by atoms with Gasteiger partial charge in [0.05, 0.1) is 0 Å². The Hall–Kier alpha value is 0.653. The van der Waals surface area contributed by atoms with Crippen LogP contribution in [0.15, 0.2) is 21.5 Å². The van der Waals surface area contributed by atoms with Gasteiger partial charge < -0.3 is 0 Å². The van der Waals surface area contributed by atoms with Crippen LogP contribution >= 0.6 is 12.4 Å². The van der Waals surface area contributed by atoms with Gasteiger partial charge in [-0.1, -0.05) is 0 Å². The first kappa shape index (κ1) is 7.65. The van der Waals surface area contributed by atoms with E-state index in [4.69, 9.17) is 0 Å². The van der Waals surface area contributed by atoms with E-state index in [1.807, 2.05) is 0 Å². The van der Waals surface area contributed by atoms with Gasteiger partial charge in [0.1, 0.15) is 0 Å². The SMILES string of the molecule is Cl.[ZrH][C]1=CC=CC1. The predicted octanol–water partition coefficient (Wildman–Crippen LogP) is 1.53. The fourth-order valence-electron chi connectivity index (χ4n) is 0.464. The van der Waals surface area contributed by atoms with Crippen LogP contribution in [0, 0.1) is 0 Å². The van der Waals surface area contributed by atoms with Crippen molar-refractivity contribution in [1.82, 2.24) is 0 Å². The standard InChI is InChI=1S/C5H5.ClH.Zr.H/c1-2-4-5-3-1;;;/h1-3H,4H2;1H;;. The Morgan fingerprint density at radius 2 is 2.29 bits per heavy atom. The van der Waals surface area contributed by atoms with E-state index in [9.17, 15) is 0 Å². The fraction of sp³-hybridized carbons (Fsp3) is 0.200. The van der Waals surface area contributed by atoms with Gasteiger partial charge in [-0.2, -0.15) is 0 Å². The molecule has 1 aliphatic rings. The summed E-state index contributed by atoms with van der Waals surface area (Å²) in [6.45, 7) is 0. The van der Waals surface area contributed by atoms with E-state index in [1.165, 1.54) is 31.1 Å². The third kappa shape index (κ3) is 2.46. The average molecular weight is 194 g/mol. The van der Waals surface area contributed by atoms with Crippen LogP contribution in [0.1, 0.15) is 6.42 Å². The van der Waals surface area contributed by atoms with E-state index in [0.29, 0.717) is 0 Å². The van der Waals surface area contributed by atoms with E-state index >= 15 is 0 Å². The summed E-state index contributed by atoms with van der Waals surface area (Å²) in [5.41, 5.74) is 0. The molecule has 0 aromatic rings. The van der Waals surface area contributed by atoms with Crippen molar-refractivity contribution in [3.8, 4) is 0 Å². The molecule has 0 saturated carbocycles. The topological polar surface area (TPSA) is 0 Å². The van der Waals surface area contributed by atoms with Crippen LogP contribution in [0.3, 0.4) is 0 Å². The summed E-state index contributed by atoms with van der Waals surface area (Å²) in [4.78, 5) is 0. The Kier molecular flexibility index (Phi) is 3.97. The van der Waals surface area contributed by atoms with Crippen LogP contribution in [0.2, 0.25) is 0 Å². The Morgan fingerprint density at radius 1 is 1.57 bits per heavy atom. The first-order chi connectivity index (χ1) is 2.89. The quantitative estimate of drug-likeness (QED) is 0.548. The van der Waals surface area contributed by atoms with Gasteiger partial charge in [-0.25, -0.2) is 0 Å². The average Bonchev–Trinajstić information content (AvgIpc) is 1.86. The summed E-state index contributed by atoms with van der Waals surface area (Å²) in [6.07, 6.45) is 7.74. The summed E-state index contributed by atoms with van der Waals surface area (Å²) in [6, 6.07) is 0. The molecule has 0 bridgehead atoms. The molecule has 0 aliphatic heterocycles. The molecule has 0 nitrogen and oxygen atoms in total. The maximum absolute atomic E-state index is 2.20. The van der Waals surface area contributed by atoms with E-state index in [0.717, 1.165) is 0 Å². The summed E-state index contributed by atoms with van der Waals surface area (Å²) in [5.74, 6) is 0. The zero-order chi connectivity index (χ0) is 4.41. The van der Waals surface area contributed by atoms with Crippen molar-refractivity contribution in [2.45, 2.75) is 6.42 Å². The van der Waals surface area contributed by atoms with Crippen LogP contribution in [-0.4, -0.2) is 0 Å². The molecule has 1 aliphatic carbocycles. The zero-order valence-electron chi connectivity index (χ0n) is 3.92. The second-order valence-electron chi connectivity index (χ2n) is 1.37. The first-order valence-corrected chi connectivity index (χ1v) is 3.42. The molecule has 0 spiro atoms. The normalized spacial score (nSPS) is 15.7. The van der Waals surface area contributed by atoms with E-state index in [2.05, 4.69) is 18.2 Å². The molecule has 2 heteroatoms. The molecule has 7 heavy (non-hydrogen) atoms. The van der Waals surface area contributed by atoms with E-state index < -0.39 is 0 Å². The Balaban J connectivity index is 0.000000360. The molecular weight excluding hydrogens is 187 g/mol. The minimum atomic E-state index is 0. The number of hydrogen-bond acceptors (Lipinski definition) is 0. The molecule has 0 aromatic carbocycles. The monoisotopic (exact) mass is 192 g/mol. The molecule has 0 heterocycles. The third-order valence-corrected chi connectivity index (χ3v) is 1.85. The van der Waals surface area contributed by atoms with Crippen molar-refractivity contribution < 1.29 is 24.7 Å². The van der Waals surface area contributed by atoms with Crippen molar-refractivity contribution in [2.75, 3.05) is 0 Å². The van der Waals surface area contributed by atoms with E-state index in [1.54, 1.807) is 3.28 Å². The molecule has 0 unspecified atom stereocenters. The van der Waals surface area contributed by atoms with Crippen LogP contribution in [0.4, 0.5) is 0 Å².